The largest absolute Gasteiger partial charge is 0.497 e. The number of methoxy groups -OCH3 is 1. The lowest BCUT2D eigenvalue weighted by Gasteiger charge is -2.21. The van der Waals surface area contributed by atoms with Gasteiger partial charge in [-0.25, -0.2) is 0 Å². The Balaban J connectivity index is 2.06. The first kappa shape index (κ1) is 13.7. The molecule has 1 aliphatic rings. The van der Waals surface area contributed by atoms with E-state index in [9.17, 15) is 4.79 Å². The van der Waals surface area contributed by atoms with Crippen LogP contribution in [0.1, 0.15) is 43.0 Å². The van der Waals surface area contributed by atoms with Crippen molar-refractivity contribution in [3.05, 3.63) is 23.8 Å². The average Bonchev–Trinajstić information content (AvgIpc) is 2.93. The van der Waals surface area contributed by atoms with Crippen LogP contribution in [0.25, 0.3) is 0 Å². The molecule has 0 bridgehead atoms. The lowest BCUT2D eigenvalue weighted by atomic mass is 9.99. The van der Waals surface area contributed by atoms with Crippen molar-refractivity contribution in [1.29, 1.82) is 0 Å². The number of anilines is 1. The molecule has 1 atom stereocenters. The molecule has 1 aromatic rings. The summed E-state index contributed by atoms with van der Waals surface area (Å²) in [4.78, 5) is 12.3. The van der Waals surface area contributed by atoms with Gasteiger partial charge in [0, 0.05) is 11.7 Å². The third-order valence-electron chi connectivity index (χ3n) is 3.97. The summed E-state index contributed by atoms with van der Waals surface area (Å²) < 4.78 is 5.13. The van der Waals surface area contributed by atoms with Crippen LogP contribution >= 0.6 is 0 Å². The molecule has 4 heteroatoms. The van der Waals surface area contributed by atoms with Crippen molar-refractivity contribution in [3.8, 4) is 5.75 Å². The van der Waals surface area contributed by atoms with Crippen molar-refractivity contribution >= 4 is 11.6 Å². The Morgan fingerprint density at radius 1 is 1.42 bits per heavy atom. The number of nitrogens with one attached hydrogen (secondary N) is 1. The molecule has 1 saturated carbocycles. The zero-order valence-corrected chi connectivity index (χ0v) is 11.6. The van der Waals surface area contributed by atoms with Crippen molar-refractivity contribution in [3.63, 3.8) is 0 Å². The van der Waals surface area contributed by atoms with Crippen LogP contribution in [-0.2, 0) is 0 Å². The van der Waals surface area contributed by atoms with Gasteiger partial charge in [0.2, 0.25) is 0 Å². The molecule has 1 amide bonds. The Kier molecular flexibility index (Phi) is 4.30. The monoisotopic (exact) mass is 262 g/mol. The lowest BCUT2D eigenvalue weighted by Crippen LogP contribution is -2.37. The number of carbonyl (C=O) groups excluding carboxylic acids is 1. The van der Waals surface area contributed by atoms with Crippen LogP contribution in [0.2, 0.25) is 0 Å². The van der Waals surface area contributed by atoms with Crippen molar-refractivity contribution in [2.24, 2.45) is 5.92 Å². The van der Waals surface area contributed by atoms with Crippen LogP contribution in [0.15, 0.2) is 18.2 Å². The second-order valence-corrected chi connectivity index (χ2v) is 5.26. The number of rotatable bonds is 4. The van der Waals surface area contributed by atoms with E-state index in [2.05, 4.69) is 12.2 Å². The molecule has 0 radical (unpaired) electrons. The van der Waals surface area contributed by atoms with Crippen molar-refractivity contribution < 1.29 is 9.53 Å². The van der Waals surface area contributed by atoms with Crippen LogP contribution in [0.4, 0.5) is 5.69 Å². The Labute approximate surface area is 114 Å². The maximum atomic E-state index is 12.3. The van der Waals surface area contributed by atoms with Crippen molar-refractivity contribution in [2.75, 3.05) is 12.8 Å². The molecule has 0 unspecified atom stereocenters. The molecule has 1 aromatic carbocycles. The van der Waals surface area contributed by atoms with Gasteiger partial charge in [-0.15, -0.1) is 0 Å². The van der Waals surface area contributed by atoms with Gasteiger partial charge in [-0.2, -0.15) is 0 Å². The summed E-state index contributed by atoms with van der Waals surface area (Å²) in [5.74, 6) is 1.12. The van der Waals surface area contributed by atoms with Crippen LogP contribution in [-0.4, -0.2) is 19.1 Å². The van der Waals surface area contributed by atoms with Crippen LogP contribution in [0, 0.1) is 5.92 Å². The first-order valence-electron chi connectivity index (χ1n) is 6.86. The van der Waals surface area contributed by atoms with E-state index >= 15 is 0 Å². The number of amides is 1. The molecule has 0 heterocycles. The predicted octanol–water partition coefficient (Wildman–Crippen LogP) is 2.59. The van der Waals surface area contributed by atoms with Crippen LogP contribution in [0.3, 0.4) is 0 Å². The molecule has 4 nitrogen and oxygen atoms in total. The predicted molar refractivity (Wildman–Crippen MR) is 76.3 cm³/mol. The van der Waals surface area contributed by atoms with Gasteiger partial charge < -0.3 is 15.8 Å². The molecule has 2 rings (SSSR count). The van der Waals surface area contributed by atoms with Crippen molar-refractivity contribution in [1.82, 2.24) is 5.32 Å². The molecule has 0 aliphatic heterocycles. The minimum atomic E-state index is -0.115. The van der Waals surface area contributed by atoms with E-state index in [0.717, 1.165) is 0 Å². The van der Waals surface area contributed by atoms with E-state index in [0.29, 0.717) is 22.9 Å². The SMILES string of the molecule is COc1ccc(N)c(C(=O)N[C@H](C)C2CCCC2)c1. The fourth-order valence-electron chi connectivity index (χ4n) is 2.72. The zero-order chi connectivity index (χ0) is 13.8. The molecule has 19 heavy (non-hydrogen) atoms. The first-order valence-corrected chi connectivity index (χ1v) is 6.86. The van der Waals surface area contributed by atoms with Gasteiger partial charge in [-0.1, -0.05) is 12.8 Å². The molecule has 1 fully saturated rings. The third-order valence-corrected chi connectivity index (χ3v) is 3.97. The molecule has 0 spiro atoms. The molecule has 0 saturated heterocycles. The summed E-state index contributed by atoms with van der Waals surface area (Å²) in [5.41, 5.74) is 6.83. The van der Waals surface area contributed by atoms with Gasteiger partial charge in [0.1, 0.15) is 5.75 Å². The van der Waals surface area contributed by atoms with E-state index in [-0.39, 0.29) is 11.9 Å². The molecule has 1 aliphatic carbocycles. The quantitative estimate of drug-likeness (QED) is 0.820. The summed E-state index contributed by atoms with van der Waals surface area (Å²) in [6.45, 7) is 2.07. The van der Waals surface area contributed by atoms with E-state index < -0.39 is 0 Å². The van der Waals surface area contributed by atoms with E-state index in [1.807, 2.05) is 0 Å². The smallest absolute Gasteiger partial charge is 0.253 e. The minimum Gasteiger partial charge on any atom is -0.497 e. The second-order valence-electron chi connectivity index (χ2n) is 5.26. The number of nitrogens with two attached hydrogens (primary N) is 1. The highest BCUT2D eigenvalue weighted by atomic mass is 16.5. The number of hydrogen-bond donors (Lipinski definition) is 2. The van der Waals surface area contributed by atoms with E-state index in [4.69, 9.17) is 10.5 Å². The van der Waals surface area contributed by atoms with Crippen LogP contribution < -0.4 is 15.8 Å². The molecule has 0 aromatic heterocycles. The highest BCUT2D eigenvalue weighted by Gasteiger charge is 2.23. The molecular weight excluding hydrogens is 240 g/mol. The Bertz CT molecular complexity index is 453. The number of ether oxygens (including phenoxy) is 1. The Morgan fingerprint density at radius 2 is 2.11 bits per heavy atom. The number of hydrogen-bond acceptors (Lipinski definition) is 3. The zero-order valence-electron chi connectivity index (χ0n) is 11.6. The summed E-state index contributed by atoms with van der Waals surface area (Å²) in [6, 6.07) is 5.34. The van der Waals surface area contributed by atoms with E-state index in [1.165, 1.54) is 25.7 Å². The molecular formula is C15H22N2O2. The standard InChI is InChI=1S/C15H22N2O2/c1-10(11-5-3-4-6-11)17-15(18)13-9-12(19-2)7-8-14(13)16/h7-11H,3-6,16H2,1-2H3,(H,17,18)/t10-/m1/s1. The summed E-state index contributed by atoms with van der Waals surface area (Å²) in [5, 5.41) is 3.06. The van der Waals surface area contributed by atoms with Crippen molar-refractivity contribution in [2.45, 2.75) is 38.6 Å². The highest BCUT2D eigenvalue weighted by molar-refractivity contribution is 5.99. The number of benzene rings is 1. The lowest BCUT2D eigenvalue weighted by molar-refractivity contribution is 0.0928. The third kappa shape index (κ3) is 3.19. The summed E-state index contributed by atoms with van der Waals surface area (Å²) in [7, 11) is 1.58. The maximum Gasteiger partial charge on any atom is 0.253 e. The molecule has 3 N–H and O–H groups in total. The first-order chi connectivity index (χ1) is 9.11. The second kappa shape index (κ2) is 5.95. The number of nitrogen functional groups attached to an aromatic ring is 1. The van der Waals surface area contributed by atoms with Gasteiger partial charge in [-0.05, 0) is 43.9 Å². The maximum absolute atomic E-state index is 12.3. The summed E-state index contributed by atoms with van der Waals surface area (Å²) in [6.07, 6.45) is 4.95. The summed E-state index contributed by atoms with van der Waals surface area (Å²) >= 11 is 0. The Morgan fingerprint density at radius 3 is 2.74 bits per heavy atom. The van der Waals surface area contributed by atoms with Gasteiger partial charge in [0.15, 0.2) is 0 Å². The fourth-order valence-corrected chi connectivity index (χ4v) is 2.72. The fraction of sp³-hybridized carbons (Fsp3) is 0.533. The van der Waals surface area contributed by atoms with Gasteiger partial charge >= 0.3 is 0 Å². The minimum absolute atomic E-state index is 0.115. The van der Waals surface area contributed by atoms with Gasteiger partial charge in [-0.3, -0.25) is 4.79 Å². The molecule has 104 valence electrons. The van der Waals surface area contributed by atoms with Gasteiger partial charge in [0.25, 0.3) is 5.91 Å². The Hall–Kier alpha value is -1.71. The number of carbonyl (C=O) groups is 1. The highest BCUT2D eigenvalue weighted by Crippen LogP contribution is 2.28. The topological polar surface area (TPSA) is 64.3 Å². The average molecular weight is 262 g/mol. The normalized spacial score (nSPS) is 17.2. The van der Waals surface area contributed by atoms with E-state index in [1.54, 1.807) is 25.3 Å². The van der Waals surface area contributed by atoms with Gasteiger partial charge in [0.05, 0.1) is 12.7 Å². The van der Waals surface area contributed by atoms with Crippen LogP contribution in [0.5, 0.6) is 5.75 Å².